The maximum absolute atomic E-state index is 9.57. The van der Waals surface area contributed by atoms with Gasteiger partial charge in [-0.25, -0.2) is 0 Å². The van der Waals surface area contributed by atoms with Gasteiger partial charge in [0.05, 0.1) is 19.1 Å². The van der Waals surface area contributed by atoms with Gasteiger partial charge in [0.15, 0.2) is 0 Å². The van der Waals surface area contributed by atoms with E-state index in [1.165, 1.54) is 0 Å². The molecule has 1 heterocycles. The summed E-state index contributed by atoms with van der Waals surface area (Å²) in [5.41, 5.74) is 1.70. The summed E-state index contributed by atoms with van der Waals surface area (Å²) in [6.07, 6.45) is 2.14. The topological polar surface area (TPSA) is 66.1 Å². The standard InChI is InChI=1S/C17H18N2O2/c1-21-14-7-9-19-17(11-14)15(8-10-20)16(12-18)13-5-3-2-4-6-13/h2-7,9,11,15-16,20H,8,10H2,1H3/t15-,16+/m1/s1. The number of rotatable bonds is 6. The van der Waals surface area contributed by atoms with Crippen LogP contribution in [0.15, 0.2) is 48.7 Å². The van der Waals surface area contributed by atoms with Crippen molar-refractivity contribution in [2.45, 2.75) is 18.3 Å². The van der Waals surface area contributed by atoms with Crippen LogP contribution in [0.5, 0.6) is 5.75 Å². The van der Waals surface area contributed by atoms with E-state index < -0.39 is 0 Å². The Bertz CT molecular complexity index is 608. The lowest BCUT2D eigenvalue weighted by molar-refractivity contribution is 0.270. The molecule has 0 aliphatic rings. The maximum Gasteiger partial charge on any atom is 0.122 e. The lowest BCUT2D eigenvalue weighted by Gasteiger charge is -2.21. The lowest BCUT2D eigenvalue weighted by atomic mass is 9.82. The Morgan fingerprint density at radius 2 is 2.05 bits per heavy atom. The van der Waals surface area contributed by atoms with Crippen molar-refractivity contribution in [1.82, 2.24) is 4.98 Å². The molecule has 0 radical (unpaired) electrons. The van der Waals surface area contributed by atoms with Crippen molar-refractivity contribution in [1.29, 1.82) is 5.26 Å². The third-order valence-corrected chi connectivity index (χ3v) is 3.51. The molecule has 2 atom stereocenters. The number of aliphatic hydroxyl groups excluding tert-OH is 1. The zero-order valence-electron chi connectivity index (χ0n) is 11.9. The molecule has 0 aliphatic carbocycles. The summed E-state index contributed by atoms with van der Waals surface area (Å²) in [5, 5.41) is 18.9. The first-order chi connectivity index (χ1) is 10.3. The van der Waals surface area contributed by atoms with E-state index in [1.807, 2.05) is 36.4 Å². The van der Waals surface area contributed by atoms with Gasteiger partial charge in [-0.2, -0.15) is 5.26 Å². The molecule has 4 nitrogen and oxygen atoms in total. The smallest absolute Gasteiger partial charge is 0.122 e. The fourth-order valence-corrected chi connectivity index (χ4v) is 2.44. The molecule has 0 amide bonds. The number of pyridine rings is 1. The minimum atomic E-state index is -0.349. The summed E-state index contributed by atoms with van der Waals surface area (Å²) in [7, 11) is 1.60. The van der Waals surface area contributed by atoms with Crippen molar-refractivity contribution in [2.24, 2.45) is 0 Å². The highest BCUT2D eigenvalue weighted by Gasteiger charge is 2.25. The molecule has 2 rings (SSSR count). The minimum absolute atomic E-state index is 0.00850. The average molecular weight is 282 g/mol. The highest BCUT2D eigenvalue weighted by atomic mass is 16.5. The van der Waals surface area contributed by atoms with Crippen molar-refractivity contribution in [2.75, 3.05) is 13.7 Å². The van der Waals surface area contributed by atoms with Crippen molar-refractivity contribution >= 4 is 0 Å². The van der Waals surface area contributed by atoms with Gasteiger partial charge in [-0.1, -0.05) is 30.3 Å². The van der Waals surface area contributed by atoms with Gasteiger partial charge in [0, 0.05) is 30.5 Å². The molecule has 4 heteroatoms. The first-order valence-electron chi connectivity index (χ1n) is 6.85. The third kappa shape index (κ3) is 3.59. The maximum atomic E-state index is 9.57. The minimum Gasteiger partial charge on any atom is -0.497 e. The van der Waals surface area contributed by atoms with Gasteiger partial charge in [-0.15, -0.1) is 0 Å². The van der Waals surface area contributed by atoms with Crippen molar-refractivity contribution in [3.63, 3.8) is 0 Å². The SMILES string of the molecule is COc1ccnc([C@H](CCO)[C@@H](C#N)c2ccccc2)c1. The number of aromatic nitrogens is 1. The lowest BCUT2D eigenvalue weighted by Crippen LogP contribution is -2.13. The van der Waals surface area contributed by atoms with Crippen LogP contribution in [0.1, 0.15) is 29.5 Å². The summed E-state index contributed by atoms with van der Waals surface area (Å²) in [6.45, 7) is 0.00850. The van der Waals surface area contributed by atoms with Crippen LogP contribution >= 0.6 is 0 Å². The highest BCUT2D eigenvalue weighted by molar-refractivity contribution is 5.33. The van der Waals surface area contributed by atoms with E-state index in [2.05, 4.69) is 11.1 Å². The van der Waals surface area contributed by atoms with E-state index in [1.54, 1.807) is 19.4 Å². The molecule has 0 unspecified atom stereocenters. The normalized spacial score (nSPS) is 13.2. The van der Waals surface area contributed by atoms with Crippen LogP contribution in [0.3, 0.4) is 0 Å². The summed E-state index contributed by atoms with van der Waals surface area (Å²) >= 11 is 0. The number of ether oxygens (including phenoxy) is 1. The van der Waals surface area contributed by atoms with E-state index >= 15 is 0 Å². The van der Waals surface area contributed by atoms with E-state index in [-0.39, 0.29) is 18.4 Å². The number of benzene rings is 1. The van der Waals surface area contributed by atoms with Gasteiger partial charge in [-0.05, 0) is 18.1 Å². The molecule has 1 aromatic carbocycles. The Hall–Kier alpha value is -2.38. The van der Waals surface area contributed by atoms with Gasteiger partial charge in [0.25, 0.3) is 0 Å². The largest absolute Gasteiger partial charge is 0.497 e. The first kappa shape index (κ1) is 15.0. The fraction of sp³-hybridized carbons (Fsp3) is 0.294. The second-order valence-electron chi connectivity index (χ2n) is 4.76. The van der Waals surface area contributed by atoms with Crippen LogP contribution in [0.25, 0.3) is 0 Å². The summed E-state index contributed by atoms with van der Waals surface area (Å²) in [4.78, 5) is 4.36. The second kappa shape index (κ2) is 7.41. The van der Waals surface area contributed by atoms with Gasteiger partial charge in [-0.3, -0.25) is 4.98 Å². The monoisotopic (exact) mass is 282 g/mol. The van der Waals surface area contributed by atoms with Crippen LogP contribution in [-0.4, -0.2) is 23.8 Å². The Morgan fingerprint density at radius 1 is 1.29 bits per heavy atom. The molecule has 1 N–H and O–H groups in total. The van der Waals surface area contributed by atoms with Gasteiger partial charge in [0.2, 0.25) is 0 Å². The van der Waals surface area contributed by atoms with Crippen molar-refractivity contribution < 1.29 is 9.84 Å². The number of hydrogen-bond acceptors (Lipinski definition) is 4. The zero-order chi connectivity index (χ0) is 15.1. The molecule has 0 spiro atoms. The van der Waals surface area contributed by atoms with E-state index in [0.29, 0.717) is 12.2 Å². The molecule has 0 saturated carbocycles. The molecule has 0 fully saturated rings. The number of nitriles is 1. The second-order valence-corrected chi connectivity index (χ2v) is 4.76. The van der Waals surface area contributed by atoms with E-state index in [9.17, 15) is 10.4 Å². The number of nitrogens with zero attached hydrogens (tertiary/aromatic N) is 2. The van der Waals surface area contributed by atoms with Gasteiger partial charge in [0.1, 0.15) is 5.75 Å². The van der Waals surface area contributed by atoms with Gasteiger partial charge < -0.3 is 9.84 Å². The number of aliphatic hydroxyl groups is 1. The molecule has 0 aliphatic heterocycles. The Balaban J connectivity index is 2.39. The first-order valence-corrected chi connectivity index (χ1v) is 6.85. The highest BCUT2D eigenvalue weighted by Crippen LogP contribution is 2.35. The van der Waals surface area contributed by atoms with Crippen molar-refractivity contribution in [3.05, 3.63) is 59.9 Å². The molecular weight excluding hydrogens is 264 g/mol. The quantitative estimate of drug-likeness (QED) is 0.884. The fourth-order valence-electron chi connectivity index (χ4n) is 2.44. The van der Waals surface area contributed by atoms with Gasteiger partial charge >= 0.3 is 0 Å². The molecule has 21 heavy (non-hydrogen) atoms. The van der Waals surface area contributed by atoms with Crippen molar-refractivity contribution in [3.8, 4) is 11.8 Å². The molecule has 108 valence electrons. The third-order valence-electron chi connectivity index (χ3n) is 3.51. The van der Waals surface area contributed by atoms with E-state index in [4.69, 9.17) is 4.74 Å². The number of methoxy groups -OCH3 is 1. The van der Waals surface area contributed by atoms with E-state index in [0.717, 1.165) is 11.3 Å². The molecule has 2 aromatic rings. The molecule has 1 aromatic heterocycles. The van der Waals surface area contributed by atoms with Crippen LogP contribution < -0.4 is 4.74 Å². The number of hydrogen-bond donors (Lipinski definition) is 1. The molecule has 0 bridgehead atoms. The van der Waals surface area contributed by atoms with Crippen LogP contribution in [0, 0.1) is 11.3 Å². The summed E-state index contributed by atoms with van der Waals surface area (Å²) in [6, 6.07) is 15.5. The Morgan fingerprint density at radius 3 is 2.67 bits per heavy atom. The average Bonchev–Trinajstić information content (AvgIpc) is 2.56. The zero-order valence-corrected chi connectivity index (χ0v) is 11.9. The Labute approximate surface area is 124 Å². The summed E-state index contributed by atoms with van der Waals surface area (Å²) in [5.74, 6) is 0.183. The van der Waals surface area contributed by atoms with Crippen LogP contribution in [0.4, 0.5) is 0 Å². The summed E-state index contributed by atoms with van der Waals surface area (Å²) < 4.78 is 5.22. The predicted octanol–water partition coefficient (Wildman–Crippen LogP) is 2.86. The van der Waals surface area contributed by atoms with Crippen LogP contribution in [-0.2, 0) is 0 Å². The Kier molecular flexibility index (Phi) is 5.30. The van der Waals surface area contributed by atoms with Crippen LogP contribution in [0.2, 0.25) is 0 Å². The predicted molar refractivity (Wildman–Crippen MR) is 80.0 cm³/mol. The molecule has 0 saturated heterocycles. The molecular formula is C17H18N2O2.